The van der Waals surface area contributed by atoms with Crippen LogP contribution >= 0.6 is 0 Å². The molecule has 1 N–H and O–H groups in total. The van der Waals surface area contributed by atoms with Gasteiger partial charge in [0, 0.05) is 44.2 Å². The third kappa shape index (κ3) is 4.79. The summed E-state index contributed by atoms with van der Waals surface area (Å²) in [6.45, 7) is 5.37. The number of nitrogens with zero attached hydrogens (tertiary/aromatic N) is 2. The van der Waals surface area contributed by atoms with Gasteiger partial charge in [0.1, 0.15) is 11.8 Å². The molecule has 2 aromatic rings. The molecule has 1 fully saturated rings. The highest BCUT2D eigenvalue weighted by Crippen LogP contribution is 2.35. The van der Waals surface area contributed by atoms with Crippen LogP contribution in [0.5, 0.6) is 5.75 Å². The van der Waals surface area contributed by atoms with Gasteiger partial charge in [-0.2, -0.15) is 4.31 Å². The first-order chi connectivity index (χ1) is 16.3. The smallest absolute Gasteiger partial charge is 0.243 e. The first-order valence-corrected chi connectivity index (χ1v) is 12.8. The Morgan fingerprint density at radius 1 is 1.15 bits per heavy atom. The van der Waals surface area contributed by atoms with E-state index in [1.807, 2.05) is 31.2 Å². The van der Waals surface area contributed by atoms with Gasteiger partial charge in [0.2, 0.25) is 21.8 Å². The number of carbonyl (C=O) groups is 2. The van der Waals surface area contributed by atoms with Crippen LogP contribution in [0.3, 0.4) is 0 Å². The standard InChI is InChI=1S/C24H29N3O6S/c1-3-33-23-7-5-4-6-18(23)16-25-24(29)22-15-19-14-20(8-9-21(19)27(22)17(2)28)34(30,31)26-10-12-32-13-11-26/h4-9,14,22H,3,10-13,15-16H2,1-2H3,(H,25,29). The summed E-state index contributed by atoms with van der Waals surface area (Å²) in [6, 6.07) is 11.4. The summed E-state index contributed by atoms with van der Waals surface area (Å²) in [7, 11) is -3.68. The molecule has 1 saturated heterocycles. The van der Waals surface area contributed by atoms with Crippen LogP contribution in [0.15, 0.2) is 47.4 Å². The van der Waals surface area contributed by atoms with E-state index in [1.165, 1.54) is 22.2 Å². The molecular formula is C24H29N3O6S. The number of benzene rings is 2. The molecule has 2 amide bonds. The van der Waals surface area contributed by atoms with Crippen molar-refractivity contribution < 1.29 is 27.5 Å². The summed E-state index contributed by atoms with van der Waals surface area (Å²) in [4.78, 5) is 27.2. The molecular weight excluding hydrogens is 458 g/mol. The minimum absolute atomic E-state index is 0.156. The number of fused-ring (bicyclic) bond motifs is 1. The van der Waals surface area contributed by atoms with E-state index in [1.54, 1.807) is 12.1 Å². The quantitative estimate of drug-likeness (QED) is 0.637. The number of hydrogen-bond acceptors (Lipinski definition) is 6. The maximum Gasteiger partial charge on any atom is 0.243 e. The van der Waals surface area contributed by atoms with Crippen molar-refractivity contribution in [2.24, 2.45) is 0 Å². The van der Waals surface area contributed by atoms with E-state index in [2.05, 4.69) is 5.32 Å². The second-order valence-corrected chi connectivity index (χ2v) is 10.1. The van der Waals surface area contributed by atoms with Crippen molar-refractivity contribution in [3.8, 4) is 5.75 Å². The minimum atomic E-state index is -3.68. The lowest BCUT2D eigenvalue weighted by Gasteiger charge is -2.26. The van der Waals surface area contributed by atoms with Crippen LogP contribution in [-0.4, -0.2) is 63.5 Å². The molecule has 0 aromatic heterocycles. The van der Waals surface area contributed by atoms with Crippen molar-refractivity contribution in [1.82, 2.24) is 9.62 Å². The highest BCUT2D eigenvalue weighted by molar-refractivity contribution is 7.89. The SMILES string of the molecule is CCOc1ccccc1CNC(=O)C1Cc2cc(S(=O)(=O)N3CCOCC3)ccc2N1C(C)=O. The number of nitrogens with one attached hydrogen (secondary N) is 1. The van der Waals surface area contributed by atoms with E-state index in [-0.39, 0.29) is 29.7 Å². The molecule has 4 rings (SSSR count). The third-order valence-electron chi connectivity index (χ3n) is 6.01. The van der Waals surface area contributed by atoms with Crippen molar-refractivity contribution in [2.45, 2.75) is 37.8 Å². The monoisotopic (exact) mass is 487 g/mol. The minimum Gasteiger partial charge on any atom is -0.494 e. The van der Waals surface area contributed by atoms with Crippen LogP contribution in [0.25, 0.3) is 0 Å². The van der Waals surface area contributed by atoms with E-state index >= 15 is 0 Å². The normalized spacial score (nSPS) is 18.4. The van der Waals surface area contributed by atoms with Gasteiger partial charge in [-0.1, -0.05) is 18.2 Å². The highest BCUT2D eigenvalue weighted by atomic mass is 32.2. The number of amides is 2. The molecule has 1 atom stereocenters. The number of ether oxygens (including phenoxy) is 2. The number of sulfonamides is 1. The van der Waals surface area contributed by atoms with E-state index in [0.717, 1.165) is 5.56 Å². The lowest BCUT2D eigenvalue weighted by atomic mass is 10.1. The average molecular weight is 488 g/mol. The summed E-state index contributed by atoms with van der Waals surface area (Å²) in [6.07, 6.45) is 0.236. The molecule has 34 heavy (non-hydrogen) atoms. The Kier molecular flexibility index (Phi) is 7.20. The zero-order valence-corrected chi connectivity index (χ0v) is 20.1. The molecule has 2 aromatic carbocycles. The van der Waals surface area contributed by atoms with E-state index in [4.69, 9.17) is 9.47 Å². The summed E-state index contributed by atoms with van der Waals surface area (Å²) in [5.74, 6) is 0.106. The van der Waals surface area contributed by atoms with Crippen molar-refractivity contribution in [3.05, 3.63) is 53.6 Å². The second-order valence-electron chi connectivity index (χ2n) is 8.17. The summed E-state index contributed by atoms with van der Waals surface area (Å²) < 4.78 is 38.4. The summed E-state index contributed by atoms with van der Waals surface area (Å²) >= 11 is 0. The number of anilines is 1. The predicted octanol–water partition coefficient (Wildman–Crippen LogP) is 1.70. The molecule has 10 heteroatoms. The number of hydrogen-bond donors (Lipinski definition) is 1. The zero-order valence-electron chi connectivity index (χ0n) is 19.3. The Hall–Kier alpha value is -2.95. The van der Waals surface area contributed by atoms with Gasteiger partial charge >= 0.3 is 0 Å². The molecule has 1 unspecified atom stereocenters. The van der Waals surface area contributed by atoms with Crippen LogP contribution < -0.4 is 15.0 Å². The van der Waals surface area contributed by atoms with E-state index in [0.29, 0.717) is 49.9 Å². The molecule has 0 aliphatic carbocycles. The largest absolute Gasteiger partial charge is 0.494 e. The van der Waals surface area contributed by atoms with Gasteiger partial charge in [-0.25, -0.2) is 8.42 Å². The Labute approximate surface area is 199 Å². The van der Waals surface area contributed by atoms with Gasteiger partial charge in [0.15, 0.2) is 0 Å². The van der Waals surface area contributed by atoms with Gasteiger partial charge in [0.05, 0.1) is 24.7 Å². The summed E-state index contributed by atoms with van der Waals surface area (Å²) in [5.41, 5.74) is 2.05. The van der Waals surface area contributed by atoms with Crippen molar-refractivity contribution in [3.63, 3.8) is 0 Å². The van der Waals surface area contributed by atoms with Gasteiger partial charge in [-0.05, 0) is 36.8 Å². The molecule has 0 spiro atoms. The van der Waals surface area contributed by atoms with Crippen molar-refractivity contribution in [1.29, 1.82) is 0 Å². The topological polar surface area (TPSA) is 105 Å². The predicted molar refractivity (Wildman–Crippen MR) is 126 cm³/mol. The molecule has 2 heterocycles. The van der Waals surface area contributed by atoms with Gasteiger partial charge < -0.3 is 14.8 Å². The van der Waals surface area contributed by atoms with Gasteiger partial charge in [0.25, 0.3) is 0 Å². The fraction of sp³-hybridized carbons (Fsp3) is 0.417. The van der Waals surface area contributed by atoms with E-state index in [9.17, 15) is 18.0 Å². The van der Waals surface area contributed by atoms with Crippen LogP contribution in [0.2, 0.25) is 0 Å². The maximum absolute atomic E-state index is 13.1. The van der Waals surface area contributed by atoms with Crippen LogP contribution in [0, 0.1) is 0 Å². The Morgan fingerprint density at radius 3 is 2.59 bits per heavy atom. The molecule has 0 radical (unpaired) electrons. The fourth-order valence-electron chi connectivity index (χ4n) is 4.37. The van der Waals surface area contributed by atoms with Crippen LogP contribution in [0.4, 0.5) is 5.69 Å². The number of rotatable bonds is 7. The molecule has 182 valence electrons. The molecule has 9 nitrogen and oxygen atoms in total. The van der Waals surface area contributed by atoms with Crippen LogP contribution in [-0.2, 0) is 37.3 Å². The third-order valence-corrected chi connectivity index (χ3v) is 7.91. The van der Waals surface area contributed by atoms with Crippen molar-refractivity contribution >= 4 is 27.5 Å². The Balaban J connectivity index is 1.53. The van der Waals surface area contributed by atoms with Crippen LogP contribution in [0.1, 0.15) is 25.0 Å². The number of morpholine rings is 1. The lowest BCUT2D eigenvalue weighted by Crippen LogP contribution is -2.47. The maximum atomic E-state index is 13.1. The lowest BCUT2D eigenvalue weighted by molar-refractivity contribution is -0.125. The zero-order chi connectivity index (χ0) is 24.3. The van der Waals surface area contributed by atoms with E-state index < -0.39 is 16.1 Å². The first kappa shape index (κ1) is 24.2. The second kappa shape index (κ2) is 10.1. The average Bonchev–Trinajstić information content (AvgIpc) is 3.23. The number of carbonyl (C=O) groups excluding carboxylic acids is 2. The van der Waals surface area contributed by atoms with Gasteiger partial charge in [-0.3, -0.25) is 14.5 Å². The Bertz CT molecular complexity index is 1180. The fourth-order valence-corrected chi connectivity index (χ4v) is 5.83. The first-order valence-electron chi connectivity index (χ1n) is 11.3. The summed E-state index contributed by atoms with van der Waals surface area (Å²) in [5, 5.41) is 2.90. The number of para-hydroxylation sites is 1. The van der Waals surface area contributed by atoms with Gasteiger partial charge in [-0.15, -0.1) is 0 Å². The van der Waals surface area contributed by atoms with Crippen molar-refractivity contribution in [2.75, 3.05) is 37.8 Å². The molecule has 2 aliphatic rings. The molecule has 0 bridgehead atoms. The highest BCUT2D eigenvalue weighted by Gasteiger charge is 2.38. The molecule has 2 aliphatic heterocycles. The molecule has 0 saturated carbocycles. The Morgan fingerprint density at radius 2 is 1.88 bits per heavy atom.